The number of anilines is 1. The number of rotatable bonds is 3. The normalized spacial score (nSPS) is 11.4. The van der Waals surface area contributed by atoms with Gasteiger partial charge in [-0.15, -0.1) is 11.3 Å². The van der Waals surface area contributed by atoms with Gasteiger partial charge in [-0.05, 0) is 42.5 Å². The van der Waals surface area contributed by atoms with Crippen LogP contribution in [0.4, 0.5) is 5.69 Å². The minimum atomic E-state index is -3.91. The van der Waals surface area contributed by atoms with Crippen LogP contribution in [0, 0.1) is 13.8 Å². The van der Waals surface area contributed by atoms with Crippen molar-refractivity contribution in [1.29, 1.82) is 0 Å². The molecule has 0 aliphatic heterocycles. The fourth-order valence-electron chi connectivity index (χ4n) is 2.04. The van der Waals surface area contributed by atoms with E-state index in [4.69, 9.17) is 5.14 Å². The fourth-order valence-corrected chi connectivity index (χ4v) is 3.98. The Labute approximate surface area is 128 Å². The van der Waals surface area contributed by atoms with E-state index in [2.05, 4.69) is 0 Å². The average molecular weight is 324 g/mol. The van der Waals surface area contributed by atoms with Crippen molar-refractivity contribution in [3.8, 4) is 0 Å². The summed E-state index contributed by atoms with van der Waals surface area (Å²) in [5.41, 5.74) is 2.78. The highest BCUT2D eigenvalue weighted by Crippen LogP contribution is 2.27. The Morgan fingerprint density at radius 1 is 1.24 bits per heavy atom. The molecule has 112 valence electrons. The number of hydrogen-bond donors (Lipinski definition) is 1. The lowest BCUT2D eigenvalue weighted by atomic mass is 10.1. The first-order chi connectivity index (χ1) is 9.73. The van der Waals surface area contributed by atoms with E-state index in [-0.39, 0.29) is 15.7 Å². The number of benzene rings is 1. The number of nitrogens with two attached hydrogens (primary N) is 1. The van der Waals surface area contributed by atoms with Crippen LogP contribution in [0.3, 0.4) is 0 Å². The summed E-state index contributed by atoms with van der Waals surface area (Å²) in [6.45, 7) is 3.88. The second-order valence-corrected chi connectivity index (χ2v) is 7.19. The SMILES string of the molecule is Cc1cccc(N(C)C(=O)c2sccc2S(N)(=O)=O)c1C. The summed E-state index contributed by atoms with van der Waals surface area (Å²) in [5.74, 6) is -0.386. The van der Waals surface area contributed by atoms with Gasteiger partial charge in [-0.3, -0.25) is 4.79 Å². The highest BCUT2D eigenvalue weighted by atomic mass is 32.2. The number of hydrogen-bond acceptors (Lipinski definition) is 4. The summed E-state index contributed by atoms with van der Waals surface area (Å²) in [5, 5.41) is 6.69. The quantitative estimate of drug-likeness (QED) is 0.940. The first-order valence-corrected chi connectivity index (χ1v) is 8.60. The fraction of sp³-hybridized carbons (Fsp3) is 0.214. The van der Waals surface area contributed by atoms with Crippen LogP contribution in [0.1, 0.15) is 20.8 Å². The van der Waals surface area contributed by atoms with E-state index in [1.807, 2.05) is 32.0 Å². The number of carbonyl (C=O) groups excluding carboxylic acids is 1. The van der Waals surface area contributed by atoms with E-state index < -0.39 is 10.0 Å². The molecule has 0 bridgehead atoms. The first kappa shape index (κ1) is 15.7. The number of primary sulfonamides is 1. The topological polar surface area (TPSA) is 80.5 Å². The molecule has 2 N–H and O–H groups in total. The molecule has 0 radical (unpaired) electrons. The smallest absolute Gasteiger partial charge is 0.269 e. The van der Waals surface area contributed by atoms with Gasteiger partial charge >= 0.3 is 0 Å². The zero-order chi connectivity index (χ0) is 15.8. The molecule has 1 aromatic heterocycles. The van der Waals surface area contributed by atoms with Crippen LogP contribution in [0.5, 0.6) is 0 Å². The maximum Gasteiger partial charge on any atom is 0.269 e. The molecule has 0 saturated heterocycles. The van der Waals surface area contributed by atoms with Crippen molar-refractivity contribution in [2.24, 2.45) is 5.14 Å². The van der Waals surface area contributed by atoms with E-state index in [0.717, 1.165) is 28.2 Å². The van der Waals surface area contributed by atoms with Gasteiger partial charge in [-0.2, -0.15) is 0 Å². The minimum Gasteiger partial charge on any atom is -0.310 e. The zero-order valence-corrected chi connectivity index (χ0v) is 13.6. The summed E-state index contributed by atoms with van der Waals surface area (Å²) in [6, 6.07) is 6.99. The molecule has 1 heterocycles. The lowest BCUT2D eigenvalue weighted by Gasteiger charge is -2.20. The molecule has 2 aromatic rings. The Kier molecular flexibility index (Phi) is 4.18. The van der Waals surface area contributed by atoms with E-state index in [1.165, 1.54) is 11.0 Å². The minimum absolute atomic E-state index is 0.126. The predicted octanol–water partition coefficient (Wildman–Crippen LogP) is 2.29. The maximum atomic E-state index is 12.6. The van der Waals surface area contributed by atoms with Crippen molar-refractivity contribution >= 4 is 33.0 Å². The Morgan fingerprint density at radius 2 is 1.90 bits per heavy atom. The van der Waals surface area contributed by atoms with Gasteiger partial charge in [0.2, 0.25) is 10.0 Å². The molecular weight excluding hydrogens is 308 g/mol. The summed E-state index contributed by atoms with van der Waals surface area (Å²) >= 11 is 1.07. The molecule has 0 atom stereocenters. The number of amides is 1. The van der Waals surface area contributed by atoms with E-state index >= 15 is 0 Å². The molecule has 0 fully saturated rings. The van der Waals surface area contributed by atoms with Crippen LogP contribution < -0.4 is 10.0 Å². The third-order valence-electron chi connectivity index (χ3n) is 3.37. The highest BCUT2D eigenvalue weighted by Gasteiger charge is 2.24. The molecule has 0 aliphatic rings. The molecule has 5 nitrogen and oxygen atoms in total. The number of sulfonamides is 1. The van der Waals surface area contributed by atoms with E-state index in [1.54, 1.807) is 12.4 Å². The second kappa shape index (κ2) is 5.59. The van der Waals surface area contributed by atoms with Gasteiger partial charge < -0.3 is 4.90 Å². The highest BCUT2D eigenvalue weighted by molar-refractivity contribution is 7.89. The monoisotopic (exact) mass is 324 g/mol. The summed E-state index contributed by atoms with van der Waals surface area (Å²) in [6.07, 6.45) is 0. The van der Waals surface area contributed by atoms with Crippen LogP contribution in [-0.4, -0.2) is 21.4 Å². The van der Waals surface area contributed by atoms with Gasteiger partial charge in [0.05, 0.1) is 0 Å². The molecule has 7 heteroatoms. The third-order valence-corrected chi connectivity index (χ3v) is 5.36. The Hall–Kier alpha value is -1.70. The number of nitrogens with zero attached hydrogens (tertiary/aromatic N) is 1. The molecule has 0 saturated carbocycles. The summed E-state index contributed by atoms with van der Waals surface area (Å²) in [4.78, 5) is 14.0. The van der Waals surface area contributed by atoms with Gasteiger partial charge in [0.15, 0.2) is 0 Å². The molecule has 0 unspecified atom stereocenters. The zero-order valence-electron chi connectivity index (χ0n) is 12.0. The predicted molar refractivity (Wildman–Crippen MR) is 84.3 cm³/mol. The lowest BCUT2D eigenvalue weighted by Crippen LogP contribution is -2.28. The summed E-state index contributed by atoms with van der Waals surface area (Å²) < 4.78 is 23.0. The van der Waals surface area contributed by atoms with Gasteiger partial charge in [-0.25, -0.2) is 13.6 Å². The van der Waals surface area contributed by atoms with Crippen molar-refractivity contribution in [3.63, 3.8) is 0 Å². The number of aryl methyl sites for hydroxylation is 1. The standard InChI is InChI=1S/C14H16N2O3S2/c1-9-5-4-6-11(10(9)2)16(3)14(17)13-12(7-8-20-13)21(15,18)19/h4-8H,1-3H3,(H2,15,18,19). The molecule has 1 aromatic carbocycles. The van der Waals surface area contributed by atoms with Crippen molar-refractivity contribution in [1.82, 2.24) is 0 Å². The second-order valence-electron chi connectivity index (χ2n) is 4.74. The Balaban J connectivity index is 2.46. The van der Waals surface area contributed by atoms with Crippen molar-refractivity contribution in [2.45, 2.75) is 18.7 Å². The van der Waals surface area contributed by atoms with Crippen LogP contribution in [0.25, 0.3) is 0 Å². The van der Waals surface area contributed by atoms with Gasteiger partial charge in [0.25, 0.3) is 5.91 Å². The average Bonchev–Trinajstić information content (AvgIpc) is 2.89. The van der Waals surface area contributed by atoms with Crippen molar-refractivity contribution in [3.05, 3.63) is 45.6 Å². The molecule has 1 amide bonds. The number of thiophene rings is 1. The van der Waals surface area contributed by atoms with E-state index in [0.29, 0.717) is 0 Å². The lowest BCUT2D eigenvalue weighted by molar-refractivity contribution is 0.0994. The Morgan fingerprint density at radius 3 is 2.52 bits per heavy atom. The van der Waals surface area contributed by atoms with E-state index in [9.17, 15) is 13.2 Å². The van der Waals surface area contributed by atoms with Gasteiger partial charge in [0.1, 0.15) is 9.77 Å². The Bertz CT molecular complexity index is 794. The van der Waals surface area contributed by atoms with Crippen LogP contribution >= 0.6 is 11.3 Å². The van der Waals surface area contributed by atoms with Crippen LogP contribution in [0.2, 0.25) is 0 Å². The molecule has 0 aliphatic carbocycles. The maximum absolute atomic E-state index is 12.6. The summed E-state index contributed by atoms with van der Waals surface area (Å²) in [7, 11) is -2.28. The molecular formula is C14H16N2O3S2. The number of carbonyl (C=O) groups is 1. The third kappa shape index (κ3) is 2.99. The molecule has 2 rings (SSSR count). The van der Waals surface area contributed by atoms with Crippen LogP contribution in [-0.2, 0) is 10.0 Å². The molecule has 0 spiro atoms. The first-order valence-electron chi connectivity index (χ1n) is 6.18. The van der Waals surface area contributed by atoms with Gasteiger partial charge in [-0.1, -0.05) is 12.1 Å². The van der Waals surface area contributed by atoms with Crippen molar-refractivity contribution < 1.29 is 13.2 Å². The van der Waals surface area contributed by atoms with Crippen LogP contribution in [0.15, 0.2) is 34.5 Å². The molecule has 21 heavy (non-hydrogen) atoms. The largest absolute Gasteiger partial charge is 0.310 e. The van der Waals surface area contributed by atoms with Gasteiger partial charge in [0, 0.05) is 12.7 Å². The van der Waals surface area contributed by atoms with Crippen molar-refractivity contribution in [2.75, 3.05) is 11.9 Å².